The first-order valence-corrected chi connectivity index (χ1v) is 6.72. The molecule has 0 aliphatic heterocycles. The van der Waals surface area contributed by atoms with Crippen molar-refractivity contribution in [3.05, 3.63) is 34.3 Å². The molecule has 0 aliphatic carbocycles. The average molecular weight is 357 g/mol. The number of alkyl halides is 2. The number of hydrogen-bond donors (Lipinski definition) is 1. The van der Waals surface area contributed by atoms with Crippen LogP contribution in [-0.2, 0) is 7.05 Å². The van der Waals surface area contributed by atoms with Crippen LogP contribution in [0.5, 0.6) is 11.6 Å². The highest BCUT2D eigenvalue weighted by Gasteiger charge is 2.11. The Morgan fingerprint density at radius 2 is 2.24 bits per heavy atom. The first-order chi connectivity index (χ1) is 9.99. The van der Waals surface area contributed by atoms with Crippen molar-refractivity contribution in [3.8, 4) is 17.7 Å². The number of rotatable bonds is 5. The number of ether oxygens (including phenoxy) is 1. The van der Waals surface area contributed by atoms with Crippen LogP contribution in [0, 0.1) is 11.3 Å². The van der Waals surface area contributed by atoms with Gasteiger partial charge in [-0.3, -0.25) is 0 Å². The van der Waals surface area contributed by atoms with E-state index in [9.17, 15) is 8.78 Å². The molecule has 21 heavy (non-hydrogen) atoms. The van der Waals surface area contributed by atoms with Crippen LogP contribution >= 0.6 is 15.9 Å². The Hall–Kier alpha value is -2.14. The Bertz CT molecular complexity index is 681. The zero-order valence-electron chi connectivity index (χ0n) is 11.0. The molecule has 0 bridgehead atoms. The number of nitriles is 1. The number of aryl methyl sites for hydroxylation is 1. The number of halogens is 3. The summed E-state index contributed by atoms with van der Waals surface area (Å²) in [6.45, 7) is -0.482. The van der Waals surface area contributed by atoms with Gasteiger partial charge in [-0.1, -0.05) is 0 Å². The van der Waals surface area contributed by atoms with Gasteiger partial charge in [0.2, 0.25) is 5.88 Å². The molecule has 0 atom stereocenters. The van der Waals surface area contributed by atoms with Gasteiger partial charge in [0.25, 0.3) is 6.43 Å². The van der Waals surface area contributed by atoms with Gasteiger partial charge in [0, 0.05) is 13.1 Å². The van der Waals surface area contributed by atoms with Gasteiger partial charge in [-0.05, 0) is 34.1 Å². The molecule has 110 valence electrons. The van der Waals surface area contributed by atoms with E-state index in [-0.39, 0.29) is 0 Å². The summed E-state index contributed by atoms with van der Waals surface area (Å²) in [6.07, 6.45) is -2.46. The lowest BCUT2D eigenvalue weighted by Gasteiger charge is -2.07. The number of aromatic nitrogens is 2. The lowest BCUT2D eigenvalue weighted by molar-refractivity contribution is 0.163. The molecule has 0 radical (unpaired) electrons. The molecule has 1 N–H and O–H groups in total. The van der Waals surface area contributed by atoms with E-state index in [1.807, 2.05) is 6.07 Å². The van der Waals surface area contributed by atoms with Crippen LogP contribution in [0.3, 0.4) is 0 Å². The van der Waals surface area contributed by atoms with E-state index in [1.165, 1.54) is 10.7 Å². The number of nitrogens with zero attached hydrogens (tertiary/aromatic N) is 3. The fraction of sp³-hybridized carbons (Fsp3) is 0.231. The van der Waals surface area contributed by atoms with Crippen molar-refractivity contribution in [1.29, 1.82) is 5.26 Å². The van der Waals surface area contributed by atoms with Gasteiger partial charge in [-0.15, -0.1) is 0 Å². The summed E-state index contributed by atoms with van der Waals surface area (Å²) < 4.78 is 32.0. The number of anilines is 1. The molecule has 0 spiro atoms. The molecule has 2 aromatic rings. The Kier molecular flexibility index (Phi) is 4.75. The third kappa shape index (κ3) is 3.92. The fourth-order valence-electron chi connectivity index (χ4n) is 1.58. The molecular formula is C13H11BrF2N4O. The van der Waals surface area contributed by atoms with Crippen LogP contribution < -0.4 is 10.1 Å². The van der Waals surface area contributed by atoms with Crippen LogP contribution in [0.2, 0.25) is 0 Å². The Balaban J connectivity index is 2.18. The normalized spacial score (nSPS) is 10.5. The van der Waals surface area contributed by atoms with Crippen molar-refractivity contribution in [3.63, 3.8) is 0 Å². The third-order valence-corrected chi connectivity index (χ3v) is 3.20. The van der Waals surface area contributed by atoms with Crippen LogP contribution in [0.1, 0.15) is 5.56 Å². The predicted octanol–water partition coefficient (Wildman–Crippen LogP) is 3.52. The summed E-state index contributed by atoms with van der Waals surface area (Å²) in [5, 5.41) is 15.4. The van der Waals surface area contributed by atoms with Crippen LogP contribution in [0.15, 0.2) is 28.7 Å². The third-order valence-electron chi connectivity index (χ3n) is 2.55. The molecular weight excluding hydrogens is 346 g/mol. The quantitative estimate of drug-likeness (QED) is 0.890. The summed E-state index contributed by atoms with van der Waals surface area (Å²) >= 11 is 3.32. The molecule has 0 saturated carbocycles. The minimum Gasteiger partial charge on any atom is -0.438 e. The molecule has 1 aromatic heterocycles. The second-order valence-electron chi connectivity index (χ2n) is 4.12. The van der Waals surface area contributed by atoms with Gasteiger partial charge in [0.05, 0.1) is 22.7 Å². The maximum atomic E-state index is 12.1. The zero-order valence-corrected chi connectivity index (χ0v) is 12.6. The summed E-state index contributed by atoms with van der Waals surface area (Å²) in [7, 11) is 1.63. The van der Waals surface area contributed by atoms with Gasteiger partial charge in [0.15, 0.2) is 5.82 Å². The van der Waals surface area contributed by atoms with Gasteiger partial charge in [-0.2, -0.15) is 10.4 Å². The van der Waals surface area contributed by atoms with E-state index >= 15 is 0 Å². The summed E-state index contributed by atoms with van der Waals surface area (Å²) in [5.74, 6) is 1.10. The second-order valence-corrected chi connectivity index (χ2v) is 4.98. The molecule has 1 heterocycles. The summed E-state index contributed by atoms with van der Waals surface area (Å²) in [5.41, 5.74) is 0.450. The lowest BCUT2D eigenvalue weighted by Crippen LogP contribution is -2.10. The Morgan fingerprint density at radius 1 is 1.48 bits per heavy atom. The highest BCUT2D eigenvalue weighted by atomic mass is 79.9. The van der Waals surface area contributed by atoms with Gasteiger partial charge < -0.3 is 10.1 Å². The highest BCUT2D eigenvalue weighted by Crippen LogP contribution is 2.31. The Labute approximate surface area is 128 Å². The maximum Gasteiger partial charge on any atom is 0.255 e. The fourth-order valence-corrected chi connectivity index (χ4v) is 1.91. The van der Waals surface area contributed by atoms with Crippen LogP contribution in [0.4, 0.5) is 14.6 Å². The van der Waals surface area contributed by atoms with E-state index in [1.54, 1.807) is 25.2 Å². The van der Waals surface area contributed by atoms with Crippen molar-refractivity contribution in [2.24, 2.45) is 7.05 Å². The van der Waals surface area contributed by atoms with Crippen molar-refractivity contribution < 1.29 is 13.5 Å². The molecule has 0 unspecified atom stereocenters. The molecule has 0 fully saturated rings. The van der Waals surface area contributed by atoms with Gasteiger partial charge >= 0.3 is 0 Å². The maximum absolute atomic E-state index is 12.1. The molecule has 2 rings (SSSR count). The van der Waals surface area contributed by atoms with E-state index in [4.69, 9.17) is 10.00 Å². The molecule has 0 saturated heterocycles. The molecule has 5 nitrogen and oxygen atoms in total. The van der Waals surface area contributed by atoms with Crippen molar-refractivity contribution in [1.82, 2.24) is 9.78 Å². The minimum atomic E-state index is -2.46. The number of benzene rings is 1. The summed E-state index contributed by atoms with van der Waals surface area (Å²) in [6, 6.07) is 8.44. The van der Waals surface area contributed by atoms with Crippen molar-refractivity contribution in [2.75, 3.05) is 11.9 Å². The van der Waals surface area contributed by atoms with Gasteiger partial charge in [-0.25, -0.2) is 13.5 Å². The standard InChI is InChI=1S/C13H11BrF2N4O/c1-20-13(5-12(19-20)18-7-11(15)16)21-10-4-8(6-17)2-3-9(10)14/h2-5,11H,7H2,1H3,(H,18,19). The van der Waals surface area contributed by atoms with E-state index in [2.05, 4.69) is 26.3 Å². The topological polar surface area (TPSA) is 62.9 Å². The first kappa shape index (κ1) is 15.3. The minimum absolute atomic E-state index is 0.292. The van der Waals surface area contributed by atoms with Crippen molar-refractivity contribution >= 4 is 21.7 Å². The van der Waals surface area contributed by atoms with Crippen molar-refractivity contribution in [2.45, 2.75) is 6.43 Å². The highest BCUT2D eigenvalue weighted by molar-refractivity contribution is 9.10. The molecule has 1 aromatic carbocycles. The van der Waals surface area contributed by atoms with E-state index in [0.717, 1.165) is 0 Å². The van der Waals surface area contributed by atoms with Crippen LogP contribution in [-0.4, -0.2) is 22.8 Å². The lowest BCUT2D eigenvalue weighted by atomic mass is 10.2. The Morgan fingerprint density at radius 3 is 2.90 bits per heavy atom. The second kappa shape index (κ2) is 6.54. The zero-order chi connectivity index (χ0) is 15.4. The summed E-state index contributed by atoms with van der Waals surface area (Å²) in [4.78, 5) is 0. The predicted molar refractivity (Wildman–Crippen MR) is 76.6 cm³/mol. The largest absolute Gasteiger partial charge is 0.438 e. The first-order valence-electron chi connectivity index (χ1n) is 5.93. The van der Waals surface area contributed by atoms with E-state index < -0.39 is 13.0 Å². The number of hydrogen-bond acceptors (Lipinski definition) is 4. The number of nitrogens with one attached hydrogen (secondary N) is 1. The molecule has 8 heteroatoms. The molecule has 0 amide bonds. The smallest absolute Gasteiger partial charge is 0.255 e. The van der Waals surface area contributed by atoms with Crippen LogP contribution in [0.25, 0.3) is 0 Å². The van der Waals surface area contributed by atoms with E-state index in [0.29, 0.717) is 27.5 Å². The molecule has 0 aliphatic rings. The average Bonchev–Trinajstić information content (AvgIpc) is 2.79. The van der Waals surface area contributed by atoms with Gasteiger partial charge in [0.1, 0.15) is 5.75 Å². The SMILES string of the molecule is Cn1nc(NCC(F)F)cc1Oc1cc(C#N)ccc1Br. The monoisotopic (exact) mass is 356 g/mol.